The van der Waals surface area contributed by atoms with Crippen molar-refractivity contribution in [3.8, 4) is 21.1 Å². The predicted molar refractivity (Wildman–Crippen MR) is 80.4 cm³/mol. The average Bonchev–Trinajstić information content (AvgIpc) is 3.14. The van der Waals surface area contributed by atoms with E-state index in [0.29, 0.717) is 0 Å². The third kappa shape index (κ3) is 1.80. The van der Waals surface area contributed by atoms with Crippen molar-refractivity contribution in [3.05, 3.63) is 55.0 Å². The molecule has 4 nitrogen and oxygen atoms in total. The molecule has 3 heterocycles. The van der Waals surface area contributed by atoms with Gasteiger partial charge in [-0.2, -0.15) is 0 Å². The highest BCUT2D eigenvalue weighted by Gasteiger charge is 2.12. The van der Waals surface area contributed by atoms with Crippen molar-refractivity contribution in [2.45, 2.75) is 0 Å². The molecule has 4 rings (SSSR count). The molecule has 0 aliphatic carbocycles. The number of nitrogens with one attached hydrogen (secondary N) is 1. The summed E-state index contributed by atoms with van der Waals surface area (Å²) < 4.78 is 0. The summed E-state index contributed by atoms with van der Waals surface area (Å²) in [5.74, 6) is 0. The summed E-state index contributed by atoms with van der Waals surface area (Å²) in [5, 5.41) is 11.6. The summed E-state index contributed by atoms with van der Waals surface area (Å²) in [7, 11) is 0. The highest BCUT2D eigenvalue weighted by Crippen LogP contribution is 2.33. The van der Waals surface area contributed by atoms with Gasteiger partial charge in [-0.25, -0.2) is 0 Å². The van der Waals surface area contributed by atoms with Gasteiger partial charge in [-0.1, -0.05) is 29.5 Å². The van der Waals surface area contributed by atoms with Crippen LogP contribution in [0.2, 0.25) is 0 Å². The molecule has 0 saturated heterocycles. The minimum atomic E-state index is 0.910. The first-order chi connectivity index (χ1) is 9.92. The van der Waals surface area contributed by atoms with E-state index in [2.05, 4.69) is 32.3 Å². The van der Waals surface area contributed by atoms with Crippen molar-refractivity contribution in [3.63, 3.8) is 0 Å². The molecular formula is C15H10N4S. The molecule has 0 bridgehead atoms. The molecule has 0 atom stereocenters. The second-order valence-corrected chi connectivity index (χ2v) is 5.37. The van der Waals surface area contributed by atoms with E-state index >= 15 is 0 Å². The second-order valence-electron chi connectivity index (χ2n) is 4.40. The van der Waals surface area contributed by atoms with Gasteiger partial charge in [0.2, 0.25) is 0 Å². The average molecular weight is 278 g/mol. The van der Waals surface area contributed by atoms with Crippen molar-refractivity contribution in [2.24, 2.45) is 0 Å². The number of para-hydroxylation sites is 1. The van der Waals surface area contributed by atoms with Crippen LogP contribution >= 0.6 is 11.3 Å². The van der Waals surface area contributed by atoms with Crippen LogP contribution in [0.4, 0.5) is 0 Å². The molecule has 96 valence electrons. The molecule has 0 aliphatic heterocycles. The summed E-state index contributed by atoms with van der Waals surface area (Å²) in [5.41, 5.74) is 3.25. The SMILES string of the molecule is c1ccc2c(-c3nnc(-c4ccncc4)s3)c[nH]c2c1. The van der Waals surface area contributed by atoms with Crippen LogP contribution in [0.1, 0.15) is 0 Å². The summed E-state index contributed by atoms with van der Waals surface area (Å²) in [6.07, 6.45) is 5.52. The van der Waals surface area contributed by atoms with E-state index in [0.717, 1.165) is 26.7 Å². The van der Waals surface area contributed by atoms with E-state index in [4.69, 9.17) is 0 Å². The molecule has 1 aromatic carbocycles. The molecule has 0 radical (unpaired) electrons. The van der Waals surface area contributed by atoms with Gasteiger partial charge in [-0.15, -0.1) is 10.2 Å². The van der Waals surface area contributed by atoms with Crippen LogP contribution in [-0.2, 0) is 0 Å². The van der Waals surface area contributed by atoms with Crippen molar-refractivity contribution in [1.82, 2.24) is 20.2 Å². The Labute approximate surface area is 119 Å². The van der Waals surface area contributed by atoms with Gasteiger partial charge in [-0.3, -0.25) is 4.98 Å². The fourth-order valence-corrected chi connectivity index (χ4v) is 3.07. The minimum Gasteiger partial charge on any atom is -0.360 e. The van der Waals surface area contributed by atoms with Crippen molar-refractivity contribution < 1.29 is 0 Å². The van der Waals surface area contributed by atoms with Crippen LogP contribution < -0.4 is 0 Å². The lowest BCUT2D eigenvalue weighted by Crippen LogP contribution is -1.77. The topological polar surface area (TPSA) is 54.5 Å². The highest BCUT2D eigenvalue weighted by atomic mass is 32.1. The number of fused-ring (bicyclic) bond motifs is 1. The first kappa shape index (κ1) is 11.3. The zero-order valence-corrected chi connectivity index (χ0v) is 11.3. The Bertz CT molecular complexity index is 864. The summed E-state index contributed by atoms with van der Waals surface area (Å²) >= 11 is 1.59. The lowest BCUT2D eigenvalue weighted by molar-refractivity contribution is 1.10. The zero-order chi connectivity index (χ0) is 13.4. The summed E-state index contributed by atoms with van der Waals surface area (Å²) in [6, 6.07) is 12.1. The van der Waals surface area contributed by atoms with E-state index in [1.54, 1.807) is 23.7 Å². The number of benzene rings is 1. The van der Waals surface area contributed by atoms with Gasteiger partial charge in [0.15, 0.2) is 0 Å². The fraction of sp³-hybridized carbons (Fsp3) is 0. The molecule has 0 unspecified atom stereocenters. The summed E-state index contributed by atoms with van der Waals surface area (Å²) in [6.45, 7) is 0. The lowest BCUT2D eigenvalue weighted by Gasteiger charge is -1.92. The zero-order valence-electron chi connectivity index (χ0n) is 10.4. The molecule has 5 heteroatoms. The standard InChI is InChI=1S/C15H10N4S/c1-2-4-13-11(3-1)12(9-17-13)15-19-18-14(20-15)10-5-7-16-8-6-10/h1-9,17H. The van der Waals surface area contributed by atoms with E-state index in [1.165, 1.54) is 5.39 Å². The first-order valence-corrected chi connectivity index (χ1v) is 7.04. The van der Waals surface area contributed by atoms with E-state index < -0.39 is 0 Å². The van der Waals surface area contributed by atoms with Gasteiger partial charge in [0.1, 0.15) is 10.0 Å². The van der Waals surface area contributed by atoms with E-state index in [-0.39, 0.29) is 0 Å². The molecule has 1 N–H and O–H groups in total. The van der Waals surface area contributed by atoms with Gasteiger partial charge in [0.05, 0.1) is 0 Å². The van der Waals surface area contributed by atoms with Crippen LogP contribution in [0.3, 0.4) is 0 Å². The maximum absolute atomic E-state index is 4.31. The van der Waals surface area contributed by atoms with Crippen LogP contribution in [0.25, 0.3) is 32.0 Å². The number of H-pyrrole nitrogens is 1. The van der Waals surface area contributed by atoms with Gasteiger partial charge in [-0.05, 0) is 18.2 Å². The number of nitrogens with zero attached hydrogens (tertiary/aromatic N) is 3. The fourth-order valence-electron chi connectivity index (χ4n) is 2.19. The molecule has 20 heavy (non-hydrogen) atoms. The Morgan fingerprint density at radius 1 is 0.900 bits per heavy atom. The number of hydrogen-bond acceptors (Lipinski definition) is 4. The third-order valence-electron chi connectivity index (χ3n) is 3.17. The smallest absolute Gasteiger partial charge is 0.150 e. The second kappa shape index (κ2) is 4.54. The summed E-state index contributed by atoms with van der Waals surface area (Å²) in [4.78, 5) is 7.28. The van der Waals surface area contributed by atoms with Crippen LogP contribution in [0, 0.1) is 0 Å². The predicted octanol–water partition coefficient (Wildman–Crippen LogP) is 3.75. The van der Waals surface area contributed by atoms with Gasteiger partial charge in [0.25, 0.3) is 0 Å². The number of hydrogen-bond donors (Lipinski definition) is 1. The van der Waals surface area contributed by atoms with Crippen molar-refractivity contribution >= 4 is 22.2 Å². The molecule has 0 aliphatic rings. The number of aromatic nitrogens is 4. The number of aromatic amines is 1. The van der Waals surface area contributed by atoms with Crippen LogP contribution in [-0.4, -0.2) is 20.2 Å². The van der Waals surface area contributed by atoms with Gasteiger partial charge < -0.3 is 4.98 Å². The largest absolute Gasteiger partial charge is 0.360 e. The number of rotatable bonds is 2. The normalized spacial score (nSPS) is 11.0. The molecule has 3 aromatic heterocycles. The number of pyridine rings is 1. The van der Waals surface area contributed by atoms with Crippen LogP contribution in [0.15, 0.2) is 55.0 Å². The monoisotopic (exact) mass is 278 g/mol. The minimum absolute atomic E-state index is 0.910. The Balaban J connectivity index is 1.82. The van der Waals surface area contributed by atoms with Crippen molar-refractivity contribution in [1.29, 1.82) is 0 Å². The molecule has 0 amide bonds. The Hall–Kier alpha value is -2.53. The molecule has 0 fully saturated rings. The van der Waals surface area contributed by atoms with Gasteiger partial charge >= 0.3 is 0 Å². The molecular weight excluding hydrogens is 268 g/mol. The Morgan fingerprint density at radius 3 is 2.60 bits per heavy atom. The molecule has 4 aromatic rings. The van der Waals surface area contributed by atoms with E-state index in [1.807, 2.05) is 30.5 Å². The molecule has 0 spiro atoms. The lowest BCUT2D eigenvalue weighted by atomic mass is 10.2. The quantitative estimate of drug-likeness (QED) is 0.607. The Kier molecular flexibility index (Phi) is 2.57. The van der Waals surface area contributed by atoms with Crippen molar-refractivity contribution in [2.75, 3.05) is 0 Å². The maximum atomic E-state index is 4.31. The van der Waals surface area contributed by atoms with Gasteiger partial charge in [0, 0.05) is 40.6 Å². The van der Waals surface area contributed by atoms with Crippen LogP contribution in [0.5, 0.6) is 0 Å². The Morgan fingerprint density at radius 2 is 1.70 bits per heavy atom. The maximum Gasteiger partial charge on any atom is 0.150 e. The van der Waals surface area contributed by atoms with E-state index in [9.17, 15) is 0 Å². The first-order valence-electron chi connectivity index (χ1n) is 6.22. The third-order valence-corrected chi connectivity index (χ3v) is 4.18. The molecule has 0 saturated carbocycles. The highest BCUT2D eigenvalue weighted by molar-refractivity contribution is 7.18.